The summed E-state index contributed by atoms with van der Waals surface area (Å²) in [5, 5.41) is 0. The van der Waals surface area contributed by atoms with Gasteiger partial charge in [0.1, 0.15) is 5.75 Å². The van der Waals surface area contributed by atoms with Crippen molar-refractivity contribution in [3.63, 3.8) is 0 Å². The Bertz CT molecular complexity index is 475. The zero-order chi connectivity index (χ0) is 12.3. The summed E-state index contributed by atoms with van der Waals surface area (Å²) in [7, 11) is -3.44. The Labute approximate surface area is 97.6 Å². The van der Waals surface area contributed by atoms with Gasteiger partial charge in [0.15, 0.2) is 0 Å². The monoisotopic (exact) mass is 242 g/mol. The molecule has 0 unspecified atom stereocenters. The van der Waals surface area contributed by atoms with Gasteiger partial charge in [0.2, 0.25) is 0 Å². The number of hydrogen-bond acceptors (Lipinski definition) is 3. The lowest BCUT2D eigenvalue weighted by molar-refractivity contribution is 0.337. The lowest BCUT2D eigenvalue weighted by Gasteiger charge is -2.11. The first-order chi connectivity index (χ1) is 7.37. The van der Waals surface area contributed by atoms with Crippen LogP contribution in [0.25, 0.3) is 0 Å². The second-order valence-electron chi connectivity index (χ2n) is 3.90. The molecule has 0 saturated carbocycles. The van der Waals surface area contributed by atoms with Crippen LogP contribution in [-0.2, 0) is 20.1 Å². The van der Waals surface area contributed by atoms with Crippen molar-refractivity contribution >= 4 is 10.1 Å². The Balaban J connectivity index is 3.04. The first-order valence-electron chi connectivity index (χ1n) is 5.30. The van der Waals surface area contributed by atoms with Crippen LogP contribution in [-0.4, -0.2) is 15.0 Å². The van der Waals surface area contributed by atoms with E-state index in [1.54, 1.807) is 6.92 Å². The summed E-state index contributed by atoms with van der Waals surface area (Å²) in [6.45, 7) is 7.82. The summed E-state index contributed by atoms with van der Waals surface area (Å²) in [5.74, 6) is -0.0478. The smallest absolute Gasteiger partial charge is 0.270 e. The molecule has 0 aliphatic carbocycles. The highest BCUT2D eigenvalue weighted by Crippen LogP contribution is 2.19. The van der Waals surface area contributed by atoms with Crippen molar-refractivity contribution in [3.05, 3.63) is 34.4 Å². The molecule has 90 valence electrons. The van der Waals surface area contributed by atoms with Crippen molar-refractivity contribution in [1.29, 1.82) is 0 Å². The number of hydrogen-bond donors (Lipinski definition) is 0. The van der Waals surface area contributed by atoms with Crippen molar-refractivity contribution < 1.29 is 12.6 Å². The molecule has 0 aromatic heterocycles. The summed E-state index contributed by atoms with van der Waals surface area (Å²) in [6, 6.07) is 3.80. The minimum absolute atomic E-state index is 0.0478. The molecule has 0 aliphatic rings. The van der Waals surface area contributed by atoms with Crippen molar-refractivity contribution in [2.75, 3.05) is 6.61 Å². The van der Waals surface area contributed by atoms with Crippen LogP contribution < -0.4 is 0 Å². The van der Waals surface area contributed by atoms with Crippen molar-refractivity contribution in [1.82, 2.24) is 0 Å². The summed E-state index contributed by atoms with van der Waals surface area (Å²) >= 11 is 0. The second-order valence-corrected chi connectivity index (χ2v) is 5.54. The van der Waals surface area contributed by atoms with Crippen molar-refractivity contribution in [2.24, 2.45) is 0 Å². The molecular formula is C12H18O3S. The number of rotatable bonds is 4. The molecule has 1 aromatic rings. The highest BCUT2D eigenvalue weighted by atomic mass is 32.2. The van der Waals surface area contributed by atoms with Crippen LogP contribution >= 0.6 is 0 Å². The molecule has 3 nitrogen and oxygen atoms in total. The van der Waals surface area contributed by atoms with Crippen molar-refractivity contribution in [2.45, 2.75) is 33.4 Å². The van der Waals surface area contributed by atoms with Gasteiger partial charge >= 0.3 is 0 Å². The molecule has 1 aromatic carbocycles. The van der Waals surface area contributed by atoms with Crippen LogP contribution in [0, 0.1) is 20.8 Å². The molecule has 0 radical (unpaired) electrons. The molecule has 0 amide bonds. The van der Waals surface area contributed by atoms with E-state index in [0.717, 1.165) is 16.7 Å². The average molecular weight is 242 g/mol. The van der Waals surface area contributed by atoms with Crippen LogP contribution in [0.15, 0.2) is 12.1 Å². The molecular weight excluding hydrogens is 224 g/mol. The van der Waals surface area contributed by atoms with Gasteiger partial charge in [-0.3, -0.25) is 4.18 Å². The van der Waals surface area contributed by atoms with E-state index in [4.69, 9.17) is 4.18 Å². The van der Waals surface area contributed by atoms with Crippen molar-refractivity contribution in [3.8, 4) is 0 Å². The van der Waals surface area contributed by atoms with Crippen LogP contribution in [0.2, 0.25) is 0 Å². The minimum atomic E-state index is -3.44. The van der Waals surface area contributed by atoms with Gasteiger partial charge in [-0.1, -0.05) is 12.1 Å². The quantitative estimate of drug-likeness (QED) is 0.762. The molecule has 4 heteroatoms. The third kappa shape index (κ3) is 3.06. The van der Waals surface area contributed by atoms with Crippen LogP contribution in [0.4, 0.5) is 0 Å². The normalized spacial score (nSPS) is 11.8. The zero-order valence-electron chi connectivity index (χ0n) is 10.2. The van der Waals surface area contributed by atoms with Crippen LogP contribution in [0.3, 0.4) is 0 Å². The van der Waals surface area contributed by atoms with Gasteiger partial charge in [0.05, 0.1) is 6.61 Å². The Morgan fingerprint density at radius 3 is 2.31 bits per heavy atom. The summed E-state index contributed by atoms with van der Waals surface area (Å²) in [6.07, 6.45) is 0. The Morgan fingerprint density at radius 2 is 1.75 bits per heavy atom. The maximum atomic E-state index is 11.5. The van der Waals surface area contributed by atoms with E-state index in [1.807, 2.05) is 32.9 Å². The maximum Gasteiger partial charge on any atom is 0.271 e. The fraction of sp³-hybridized carbons (Fsp3) is 0.500. The second kappa shape index (κ2) is 4.97. The maximum absolute atomic E-state index is 11.5. The molecule has 0 fully saturated rings. The topological polar surface area (TPSA) is 43.4 Å². The van der Waals surface area contributed by atoms with Gasteiger partial charge in [-0.05, 0) is 49.9 Å². The third-order valence-corrected chi connectivity index (χ3v) is 4.06. The molecule has 0 N–H and O–H groups in total. The number of aryl methyl sites for hydroxylation is 1. The molecule has 0 atom stereocenters. The summed E-state index contributed by atoms with van der Waals surface area (Å²) in [5.41, 5.74) is 4.17. The van der Waals surface area contributed by atoms with Gasteiger partial charge in [-0.25, -0.2) is 0 Å². The Kier molecular flexibility index (Phi) is 4.10. The molecule has 0 heterocycles. The number of benzene rings is 1. The van der Waals surface area contributed by atoms with Gasteiger partial charge in [-0.2, -0.15) is 8.42 Å². The summed E-state index contributed by atoms with van der Waals surface area (Å²) < 4.78 is 27.8. The zero-order valence-corrected chi connectivity index (χ0v) is 11.0. The first-order valence-corrected chi connectivity index (χ1v) is 6.88. The molecule has 16 heavy (non-hydrogen) atoms. The molecule has 0 saturated heterocycles. The predicted molar refractivity (Wildman–Crippen MR) is 64.9 cm³/mol. The van der Waals surface area contributed by atoms with Crippen LogP contribution in [0.5, 0.6) is 0 Å². The molecule has 0 aliphatic heterocycles. The van der Waals surface area contributed by atoms with E-state index < -0.39 is 10.1 Å². The van der Waals surface area contributed by atoms with E-state index in [2.05, 4.69) is 0 Å². The average Bonchev–Trinajstić information content (AvgIpc) is 2.19. The lowest BCUT2D eigenvalue weighted by atomic mass is 10.00. The van der Waals surface area contributed by atoms with E-state index in [0.29, 0.717) is 0 Å². The standard InChI is InChI=1S/C12H18O3S/c1-5-15-16(13,14)8-12-7-6-9(2)10(3)11(12)4/h6-7H,5,8H2,1-4H3. The van der Waals surface area contributed by atoms with E-state index in [-0.39, 0.29) is 12.4 Å². The van der Waals surface area contributed by atoms with Crippen LogP contribution in [0.1, 0.15) is 29.2 Å². The Morgan fingerprint density at radius 1 is 1.12 bits per heavy atom. The fourth-order valence-electron chi connectivity index (χ4n) is 1.58. The van der Waals surface area contributed by atoms with Gasteiger partial charge in [-0.15, -0.1) is 0 Å². The largest absolute Gasteiger partial charge is 0.271 e. The first kappa shape index (κ1) is 13.2. The fourth-order valence-corrected chi connectivity index (χ4v) is 2.72. The molecule has 1 rings (SSSR count). The highest BCUT2D eigenvalue weighted by molar-refractivity contribution is 7.85. The third-order valence-electron chi connectivity index (χ3n) is 2.80. The predicted octanol–water partition coefficient (Wildman–Crippen LogP) is 2.48. The SMILES string of the molecule is CCOS(=O)(=O)Cc1ccc(C)c(C)c1C. The highest BCUT2D eigenvalue weighted by Gasteiger charge is 2.14. The van der Waals surface area contributed by atoms with Gasteiger partial charge in [0, 0.05) is 0 Å². The minimum Gasteiger partial charge on any atom is -0.270 e. The molecule has 0 bridgehead atoms. The molecule has 0 spiro atoms. The van der Waals surface area contributed by atoms with Gasteiger partial charge < -0.3 is 0 Å². The van der Waals surface area contributed by atoms with E-state index >= 15 is 0 Å². The Hall–Kier alpha value is -0.870. The van der Waals surface area contributed by atoms with Gasteiger partial charge in [0.25, 0.3) is 10.1 Å². The lowest BCUT2D eigenvalue weighted by Crippen LogP contribution is -2.10. The van der Waals surface area contributed by atoms with E-state index in [9.17, 15) is 8.42 Å². The van der Waals surface area contributed by atoms with E-state index in [1.165, 1.54) is 5.56 Å². The summed E-state index contributed by atoms with van der Waals surface area (Å²) in [4.78, 5) is 0.